The molecule has 0 heterocycles. The van der Waals surface area contributed by atoms with Gasteiger partial charge in [0.25, 0.3) is 0 Å². The van der Waals surface area contributed by atoms with Crippen molar-refractivity contribution in [2.75, 3.05) is 6.54 Å². The number of carboxylic acids is 1. The first kappa shape index (κ1) is 20.4. The van der Waals surface area contributed by atoms with Crippen molar-refractivity contribution in [2.45, 2.75) is 39.0 Å². The maximum Gasteiger partial charge on any atom is 1.00 e. The van der Waals surface area contributed by atoms with Gasteiger partial charge in [-0.1, -0.05) is 25.5 Å². The average molecular weight is 277 g/mol. The van der Waals surface area contributed by atoms with Gasteiger partial charge in [0, 0.05) is 12.6 Å². The Labute approximate surface area is 151 Å². The van der Waals surface area contributed by atoms with E-state index in [0.29, 0.717) is 6.54 Å². The molecule has 0 atom stereocenters. The van der Waals surface area contributed by atoms with Gasteiger partial charge in [0.15, 0.2) is 0 Å². The smallest absolute Gasteiger partial charge is 0.859 e. The first-order chi connectivity index (χ1) is 8.16. The fraction of sp³-hybridized carbons (Fsp3) is 0.538. The van der Waals surface area contributed by atoms with Crippen molar-refractivity contribution >= 4 is 11.9 Å². The van der Waals surface area contributed by atoms with Gasteiger partial charge in [0.05, 0.1) is 0 Å². The Balaban J connectivity index is 0. The summed E-state index contributed by atoms with van der Waals surface area (Å²) in [5, 5.41) is 19.3. The minimum absolute atomic E-state index is 0. The van der Waals surface area contributed by atoms with Crippen LogP contribution in [0, 0.1) is 0 Å². The zero-order valence-electron chi connectivity index (χ0n) is 11.3. The van der Waals surface area contributed by atoms with E-state index >= 15 is 0 Å². The molecule has 1 N–H and O–H groups in total. The van der Waals surface area contributed by atoms with Crippen LogP contribution >= 0.6 is 0 Å². The van der Waals surface area contributed by atoms with Crippen LogP contribution in [-0.2, 0) is 4.79 Å². The van der Waals surface area contributed by atoms with Gasteiger partial charge in [-0.25, -0.2) is 4.79 Å². The summed E-state index contributed by atoms with van der Waals surface area (Å²) in [5.74, 6) is -1.61. The van der Waals surface area contributed by atoms with Gasteiger partial charge < -0.3 is 15.2 Å². The third-order valence-corrected chi connectivity index (χ3v) is 2.04. The summed E-state index contributed by atoms with van der Waals surface area (Å²) in [5.41, 5.74) is 0. The first-order valence-electron chi connectivity index (χ1n) is 5.94. The van der Waals surface area contributed by atoms with Crippen molar-refractivity contribution < 1.29 is 66.4 Å². The molecule has 96 valence electrons. The maximum absolute atomic E-state index is 11.0. The molecular weight excluding hydrogens is 257 g/mol. The van der Waals surface area contributed by atoms with Gasteiger partial charge in [-0.3, -0.25) is 0 Å². The average Bonchev–Trinajstić information content (AvgIpc) is 2.30. The molecule has 0 aromatic carbocycles. The third kappa shape index (κ3) is 16.1. The zero-order chi connectivity index (χ0) is 12.9. The van der Waals surface area contributed by atoms with Crippen LogP contribution in [0.25, 0.3) is 0 Å². The third-order valence-electron chi connectivity index (χ3n) is 2.04. The van der Waals surface area contributed by atoms with Crippen LogP contribution in [0.5, 0.6) is 0 Å². The molecule has 0 spiro atoms. The summed E-state index contributed by atoms with van der Waals surface area (Å²) in [6.45, 7) is 2.60. The number of aliphatic imine (C=N–C) groups is 1. The van der Waals surface area contributed by atoms with Crippen molar-refractivity contribution in [2.24, 2.45) is 4.99 Å². The molecule has 0 aliphatic carbocycles. The van der Waals surface area contributed by atoms with E-state index in [0.717, 1.165) is 44.3 Å². The molecule has 0 unspecified atom stereocenters. The van der Waals surface area contributed by atoms with E-state index in [1.165, 1.54) is 0 Å². The molecule has 0 bridgehead atoms. The van der Waals surface area contributed by atoms with Gasteiger partial charge in [-0.15, -0.1) is 0 Å². The molecule has 0 fully saturated rings. The van der Waals surface area contributed by atoms with Crippen LogP contribution in [0.1, 0.15) is 39.0 Å². The van der Waals surface area contributed by atoms with Gasteiger partial charge in [0.2, 0.25) is 0 Å². The molecule has 0 aliphatic heterocycles. The van der Waals surface area contributed by atoms with Crippen molar-refractivity contribution in [3.8, 4) is 0 Å². The van der Waals surface area contributed by atoms with E-state index in [2.05, 4.69) is 24.1 Å². The number of unbranched alkanes of at least 4 members (excludes halogenated alkanes) is 3. The quantitative estimate of drug-likeness (QED) is 0.145. The molecule has 0 radical (unpaired) electrons. The predicted molar refractivity (Wildman–Crippen MR) is 67.0 cm³/mol. The van der Waals surface area contributed by atoms with Crippen molar-refractivity contribution in [3.63, 3.8) is 0 Å². The number of allylic oxidation sites excluding steroid dienone is 2. The summed E-state index contributed by atoms with van der Waals surface area (Å²) in [6, 6.07) is 0. The Morgan fingerprint density at radius 1 is 1.22 bits per heavy atom. The molecule has 0 amide bonds. The Morgan fingerprint density at radius 3 is 2.50 bits per heavy atom. The maximum atomic E-state index is 11.0. The Kier molecular flexibility index (Phi) is 17.1. The van der Waals surface area contributed by atoms with E-state index in [-0.39, 0.29) is 51.4 Å². The SMILES string of the molecule is CCC/C=C/CCCCN=C([O-])/C=C/C(=O)O.[K+]. The Bertz CT molecular complexity index is 299. The van der Waals surface area contributed by atoms with Crippen LogP contribution in [0.3, 0.4) is 0 Å². The first-order valence-corrected chi connectivity index (χ1v) is 5.94. The van der Waals surface area contributed by atoms with Crippen LogP contribution < -0.4 is 56.5 Å². The summed E-state index contributed by atoms with van der Waals surface area (Å²) in [6.07, 6.45) is 11.2. The van der Waals surface area contributed by atoms with Gasteiger partial charge >= 0.3 is 57.4 Å². The minimum Gasteiger partial charge on any atom is -0.859 e. The number of nitrogens with zero attached hydrogens (tertiary/aromatic N) is 1. The van der Waals surface area contributed by atoms with Crippen LogP contribution in [0.4, 0.5) is 0 Å². The molecule has 0 aliphatic rings. The fourth-order valence-electron chi connectivity index (χ4n) is 1.16. The van der Waals surface area contributed by atoms with E-state index in [1.807, 2.05) is 0 Å². The molecule has 0 saturated heterocycles. The largest absolute Gasteiger partial charge is 1.00 e. The summed E-state index contributed by atoms with van der Waals surface area (Å²) >= 11 is 0. The second-order valence-electron chi connectivity index (χ2n) is 3.65. The van der Waals surface area contributed by atoms with Crippen molar-refractivity contribution in [1.82, 2.24) is 0 Å². The number of hydrogen-bond donors (Lipinski definition) is 1. The van der Waals surface area contributed by atoms with E-state index in [4.69, 9.17) is 5.11 Å². The molecule has 0 aromatic heterocycles. The van der Waals surface area contributed by atoms with Gasteiger partial charge in [-0.2, -0.15) is 0 Å². The molecule has 0 saturated carbocycles. The van der Waals surface area contributed by atoms with Gasteiger partial charge in [0.1, 0.15) is 0 Å². The van der Waals surface area contributed by atoms with Crippen LogP contribution in [-0.4, -0.2) is 23.5 Å². The Hall–Kier alpha value is 0.0564. The normalized spacial score (nSPS) is 11.9. The van der Waals surface area contributed by atoms with Crippen LogP contribution in [0.2, 0.25) is 0 Å². The van der Waals surface area contributed by atoms with E-state index in [9.17, 15) is 9.90 Å². The summed E-state index contributed by atoms with van der Waals surface area (Å²) in [4.78, 5) is 13.8. The number of hydrogen-bond acceptors (Lipinski definition) is 3. The Morgan fingerprint density at radius 2 is 1.89 bits per heavy atom. The molecular formula is C13H20KNO3. The molecule has 18 heavy (non-hydrogen) atoms. The van der Waals surface area contributed by atoms with Gasteiger partial charge in [-0.05, 0) is 37.7 Å². The number of rotatable bonds is 9. The number of aliphatic carboxylic acids is 1. The zero-order valence-corrected chi connectivity index (χ0v) is 14.4. The van der Waals surface area contributed by atoms with Crippen LogP contribution in [0.15, 0.2) is 29.3 Å². The molecule has 0 aromatic rings. The summed E-state index contributed by atoms with van der Waals surface area (Å²) in [7, 11) is 0. The summed E-state index contributed by atoms with van der Waals surface area (Å²) < 4.78 is 0. The monoisotopic (exact) mass is 277 g/mol. The number of carboxylic acid groups (broad SMARTS) is 1. The van der Waals surface area contributed by atoms with Crippen molar-refractivity contribution in [3.05, 3.63) is 24.3 Å². The minimum atomic E-state index is -1.13. The van der Waals surface area contributed by atoms with E-state index in [1.54, 1.807) is 0 Å². The second-order valence-corrected chi connectivity index (χ2v) is 3.65. The topological polar surface area (TPSA) is 72.7 Å². The predicted octanol–water partition coefficient (Wildman–Crippen LogP) is -1.08. The number of carbonyl (C=O) groups is 1. The standard InChI is InChI=1S/C13H21NO3.K/c1-2-3-4-5-6-7-8-11-14-12(15)9-10-13(16)17;/h4-5,9-10H,2-3,6-8,11H2,1H3,(H,14,15)(H,16,17);/q;+1/p-1/b5-4+,10-9+;. The van der Waals surface area contributed by atoms with E-state index < -0.39 is 11.9 Å². The van der Waals surface area contributed by atoms with Crippen molar-refractivity contribution in [1.29, 1.82) is 0 Å². The second kappa shape index (κ2) is 15.1. The molecule has 4 nitrogen and oxygen atoms in total. The fourth-order valence-corrected chi connectivity index (χ4v) is 1.16. The molecule has 0 rings (SSSR count). The molecule has 5 heteroatoms.